The van der Waals surface area contributed by atoms with Gasteiger partial charge in [-0.05, 0) is 13.3 Å². The van der Waals surface area contributed by atoms with Crippen LogP contribution in [-0.2, 0) is 6.42 Å². The van der Waals surface area contributed by atoms with Gasteiger partial charge in [-0.2, -0.15) is 11.8 Å². The maximum Gasteiger partial charge on any atom is 0.255 e. The fourth-order valence-corrected chi connectivity index (χ4v) is 2.84. The summed E-state index contributed by atoms with van der Waals surface area (Å²) in [5, 5.41) is 0. The lowest BCUT2D eigenvalue weighted by Gasteiger charge is -2.27. The molecule has 1 saturated heterocycles. The highest BCUT2D eigenvalue weighted by molar-refractivity contribution is 7.99. The van der Waals surface area contributed by atoms with Gasteiger partial charge in [0.15, 0.2) is 0 Å². The van der Waals surface area contributed by atoms with Crippen LogP contribution in [0, 0.1) is 6.92 Å². The van der Waals surface area contributed by atoms with Crippen LogP contribution < -0.4 is 10.5 Å². The molecule has 1 fully saturated rings. The molecule has 1 aromatic heterocycles. The van der Waals surface area contributed by atoms with Crippen LogP contribution in [0.25, 0.3) is 0 Å². The highest BCUT2D eigenvalue weighted by Crippen LogP contribution is 2.15. The molecule has 2 rings (SSSR count). The predicted molar refractivity (Wildman–Crippen MR) is 68.5 cm³/mol. The summed E-state index contributed by atoms with van der Waals surface area (Å²) in [7, 11) is 0. The smallest absolute Gasteiger partial charge is 0.255 e. The van der Waals surface area contributed by atoms with E-state index in [1.165, 1.54) is 0 Å². The van der Waals surface area contributed by atoms with E-state index in [-0.39, 0.29) is 5.56 Å². The molecule has 0 bridgehead atoms. The molecule has 0 saturated carbocycles. The molecular weight excluding hydrogens is 222 g/mol. The van der Waals surface area contributed by atoms with E-state index in [4.69, 9.17) is 0 Å². The average molecular weight is 239 g/mol. The Balaban J connectivity index is 2.31. The Kier molecular flexibility index (Phi) is 3.53. The van der Waals surface area contributed by atoms with Crippen molar-refractivity contribution in [3.05, 3.63) is 21.6 Å². The quantitative estimate of drug-likeness (QED) is 0.842. The number of anilines is 1. The maximum atomic E-state index is 11.8. The molecule has 5 heteroatoms. The molecule has 0 atom stereocenters. The van der Waals surface area contributed by atoms with E-state index < -0.39 is 0 Å². The minimum Gasteiger partial charge on any atom is -0.341 e. The van der Waals surface area contributed by atoms with E-state index in [0.29, 0.717) is 0 Å². The molecule has 88 valence electrons. The first-order valence-electron chi connectivity index (χ1n) is 5.65. The summed E-state index contributed by atoms with van der Waals surface area (Å²) in [4.78, 5) is 21.3. The summed E-state index contributed by atoms with van der Waals surface area (Å²) >= 11 is 1.95. The predicted octanol–water partition coefficient (Wildman–Crippen LogP) is 1.19. The number of rotatable bonds is 2. The Morgan fingerprint density at radius 1 is 1.44 bits per heavy atom. The summed E-state index contributed by atoms with van der Waals surface area (Å²) in [6, 6.07) is 0. The molecule has 16 heavy (non-hydrogen) atoms. The Labute approximate surface area is 99.5 Å². The molecular formula is C11H17N3OS. The van der Waals surface area contributed by atoms with Gasteiger partial charge in [0.1, 0.15) is 0 Å². The number of thioether (sulfide) groups is 1. The van der Waals surface area contributed by atoms with Gasteiger partial charge in [0, 0.05) is 35.9 Å². The van der Waals surface area contributed by atoms with Crippen molar-refractivity contribution in [1.82, 2.24) is 9.97 Å². The second kappa shape index (κ2) is 4.91. The number of hydrogen-bond acceptors (Lipinski definition) is 4. The van der Waals surface area contributed by atoms with E-state index >= 15 is 0 Å². The maximum absolute atomic E-state index is 11.8. The standard InChI is InChI=1S/C11H17N3OS/c1-3-9-8(2)12-11(13-10(9)15)14-4-6-16-7-5-14/h3-7H2,1-2H3,(H,12,13,15). The lowest BCUT2D eigenvalue weighted by molar-refractivity contribution is 0.797. The van der Waals surface area contributed by atoms with Crippen LogP contribution in [-0.4, -0.2) is 34.6 Å². The van der Waals surface area contributed by atoms with Crippen LogP contribution in [0.5, 0.6) is 0 Å². The van der Waals surface area contributed by atoms with Crippen molar-refractivity contribution in [1.29, 1.82) is 0 Å². The van der Waals surface area contributed by atoms with Gasteiger partial charge in [-0.15, -0.1) is 0 Å². The molecule has 0 aromatic carbocycles. The third-order valence-corrected chi connectivity index (χ3v) is 3.82. The highest BCUT2D eigenvalue weighted by Gasteiger charge is 2.15. The summed E-state index contributed by atoms with van der Waals surface area (Å²) in [6.45, 7) is 5.84. The number of aromatic nitrogens is 2. The van der Waals surface area contributed by atoms with Gasteiger partial charge in [0.05, 0.1) is 0 Å². The molecule has 1 aliphatic heterocycles. The Morgan fingerprint density at radius 3 is 2.69 bits per heavy atom. The summed E-state index contributed by atoms with van der Waals surface area (Å²) < 4.78 is 0. The molecule has 0 amide bonds. The van der Waals surface area contributed by atoms with E-state index in [0.717, 1.165) is 48.2 Å². The minimum atomic E-state index is 0.0169. The molecule has 1 aromatic rings. The van der Waals surface area contributed by atoms with Crippen molar-refractivity contribution in [2.75, 3.05) is 29.5 Å². The monoisotopic (exact) mass is 239 g/mol. The average Bonchev–Trinajstić information content (AvgIpc) is 2.30. The van der Waals surface area contributed by atoms with Crippen LogP contribution in [0.15, 0.2) is 4.79 Å². The normalized spacial score (nSPS) is 16.5. The SMILES string of the molecule is CCc1c(C)nc(N2CCSCC2)[nH]c1=O. The summed E-state index contributed by atoms with van der Waals surface area (Å²) in [6.07, 6.45) is 0.740. The zero-order chi connectivity index (χ0) is 11.5. The number of aromatic amines is 1. The third-order valence-electron chi connectivity index (χ3n) is 2.87. The molecule has 0 aliphatic carbocycles. The molecule has 4 nitrogen and oxygen atoms in total. The van der Waals surface area contributed by atoms with Crippen LogP contribution in [0.2, 0.25) is 0 Å². The second-order valence-electron chi connectivity index (χ2n) is 3.91. The number of nitrogens with zero attached hydrogens (tertiary/aromatic N) is 2. The fraction of sp³-hybridized carbons (Fsp3) is 0.636. The van der Waals surface area contributed by atoms with Gasteiger partial charge in [-0.25, -0.2) is 4.98 Å². The van der Waals surface area contributed by atoms with E-state index in [1.54, 1.807) is 0 Å². The van der Waals surface area contributed by atoms with Gasteiger partial charge >= 0.3 is 0 Å². The van der Waals surface area contributed by atoms with E-state index in [1.807, 2.05) is 25.6 Å². The fourth-order valence-electron chi connectivity index (χ4n) is 1.94. The van der Waals surface area contributed by atoms with Crippen molar-refractivity contribution >= 4 is 17.7 Å². The Hall–Kier alpha value is -0.970. The van der Waals surface area contributed by atoms with Crippen molar-refractivity contribution in [2.45, 2.75) is 20.3 Å². The van der Waals surface area contributed by atoms with Gasteiger partial charge in [0.25, 0.3) is 5.56 Å². The zero-order valence-corrected chi connectivity index (χ0v) is 10.6. The van der Waals surface area contributed by atoms with Crippen LogP contribution in [0.1, 0.15) is 18.2 Å². The molecule has 1 N–H and O–H groups in total. The zero-order valence-electron chi connectivity index (χ0n) is 9.75. The number of nitrogens with one attached hydrogen (secondary N) is 1. The van der Waals surface area contributed by atoms with Gasteiger partial charge in [0.2, 0.25) is 5.95 Å². The summed E-state index contributed by atoms with van der Waals surface area (Å²) in [5.74, 6) is 2.95. The Morgan fingerprint density at radius 2 is 2.12 bits per heavy atom. The molecule has 0 unspecified atom stereocenters. The second-order valence-corrected chi connectivity index (χ2v) is 5.13. The number of H-pyrrole nitrogens is 1. The molecule has 0 radical (unpaired) electrons. The third kappa shape index (κ3) is 2.24. The van der Waals surface area contributed by atoms with Crippen LogP contribution >= 0.6 is 11.8 Å². The van der Waals surface area contributed by atoms with E-state index in [2.05, 4.69) is 14.9 Å². The van der Waals surface area contributed by atoms with Gasteiger partial charge in [-0.1, -0.05) is 6.92 Å². The molecule has 2 heterocycles. The van der Waals surface area contributed by atoms with Gasteiger partial charge < -0.3 is 4.90 Å². The highest BCUT2D eigenvalue weighted by atomic mass is 32.2. The summed E-state index contributed by atoms with van der Waals surface area (Å²) in [5.41, 5.74) is 1.68. The van der Waals surface area contributed by atoms with Crippen LogP contribution in [0.3, 0.4) is 0 Å². The van der Waals surface area contributed by atoms with Crippen molar-refractivity contribution in [2.24, 2.45) is 0 Å². The van der Waals surface area contributed by atoms with E-state index in [9.17, 15) is 4.79 Å². The first-order valence-corrected chi connectivity index (χ1v) is 6.80. The number of hydrogen-bond donors (Lipinski definition) is 1. The van der Waals surface area contributed by atoms with Gasteiger partial charge in [-0.3, -0.25) is 9.78 Å². The van der Waals surface area contributed by atoms with Crippen LogP contribution in [0.4, 0.5) is 5.95 Å². The lowest BCUT2D eigenvalue weighted by Crippen LogP contribution is -2.35. The molecule has 1 aliphatic rings. The number of aryl methyl sites for hydroxylation is 1. The minimum absolute atomic E-state index is 0.0169. The Bertz CT molecular complexity index is 424. The molecule has 0 spiro atoms. The first kappa shape index (κ1) is 11.5. The first-order chi connectivity index (χ1) is 7.72. The largest absolute Gasteiger partial charge is 0.341 e. The van der Waals surface area contributed by atoms with Crippen molar-refractivity contribution < 1.29 is 0 Å². The van der Waals surface area contributed by atoms with Crippen molar-refractivity contribution in [3.63, 3.8) is 0 Å². The topological polar surface area (TPSA) is 49.0 Å². The van der Waals surface area contributed by atoms with Crippen molar-refractivity contribution in [3.8, 4) is 0 Å². The lowest BCUT2D eigenvalue weighted by atomic mass is 10.2.